The summed E-state index contributed by atoms with van der Waals surface area (Å²) in [4.78, 5) is 29.2. The maximum Gasteiger partial charge on any atom is 0.335 e. The van der Waals surface area contributed by atoms with Crippen LogP contribution in [0.1, 0.15) is 43.3 Å². The highest BCUT2D eigenvalue weighted by Gasteiger charge is 2.26. The van der Waals surface area contributed by atoms with Crippen molar-refractivity contribution >= 4 is 56.9 Å². The predicted octanol–water partition coefficient (Wildman–Crippen LogP) is 6.53. The highest BCUT2D eigenvalue weighted by molar-refractivity contribution is 6.35. The van der Waals surface area contributed by atoms with E-state index in [9.17, 15) is 19.8 Å². The van der Waals surface area contributed by atoms with Crippen LogP contribution in [0, 0.1) is 0 Å². The third-order valence-corrected chi connectivity index (χ3v) is 6.38. The lowest BCUT2D eigenvalue weighted by molar-refractivity contribution is 0.0686. The van der Waals surface area contributed by atoms with Gasteiger partial charge in [-0.2, -0.15) is 0 Å². The quantitative estimate of drug-likeness (QED) is 0.230. The van der Waals surface area contributed by atoms with Crippen LogP contribution >= 0.6 is 23.2 Å². The van der Waals surface area contributed by atoms with Crippen molar-refractivity contribution < 1.29 is 19.8 Å². The van der Waals surface area contributed by atoms with E-state index in [1.54, 1.807) is 48.5 Å². The molecule has 0 radical (unpaired) electrons. The van der Waals surface area contributed by atoms with Gasteiger partial charge in [0, 0.05) is 50.2 Å². The summed E-state index contributed by atoms with van der Waals surface area (Å²) in [5, 5.41) is 21.4. The van der Waals surface area contributed by atoms with Gasteiger partial charge in [-0.25, -0.2) is 9.59 Å². The van der Waals surface area contributed by atoms with Crippen LogP contribution in [0.4, 0.5) is 0 Å². The molecule has 0 unspecified atom stereocenters. The van der Waals surface area contributed by atoms with Gasteiger partial charge < -0.3 is 20.2 Å². The number of hydrogen-bond acceptors (Lipinski definition) is 2. The fourth-order valence-electron chi connectivity index (χ4n) is 4.28. The Morgan fingerprint density at radius 3 is 1.67 bits per heavy atom. The van der Waals surface area contributed by atoms with Crippen LogP contribution < -0.4 is 0 Å². The molecule has 5 rings (SSSR count). The van der Waals surface area contributed by atoms with E-state index in [0.717, 1.165) is 27.5 Å². The largest absolute Gasteiger partial charge is 0.478 e. The standard InChI is InChI=1S/C25H16Cl2N2O4/c26-14-3-6-17(20(27)9-14)23(18-10-28-21-7-12(24(30)31)1-4-15(18)21)19-11-29-22-8-13(25(32)33)2-5-16(19)22/h1-11,23,28-29H,(H,30,31)(H,32,33). The van der Waals surface area contributed by atoms with E-state index in [-0.39, 0.29) is 17.0 Å². The number of benzene rings is 3. The van der Waals surface area contributed by atoms with Crippen molar-refractivity contribution in [1.29, 1.82) is 0 Å². The normalized spacial score (nSPS) is 11.5. The van der Waals surface area contributed by atoms with Crippen molar-refractivity contribution in [3.63, 3.8) is 0 Å². The first-order chi connectivity index (χ1) is 15.8. The molecule has 2 heterocycles. The lowest BCUT2D eigenvalue weighted by Gasteiger charge is -2.19. The molecule has 3 aromatic carbocycles. The molecule has 8 heteroatoms. The molecule has 6 nitrogen and oxygen atoms in total. The molecule has 2 aromatic heterocycles. The maximum absolute atomic E-state index is 11.4. The number of rotatable bonds is 5. The lowest BCUT2D eigenvalue weighted by atomic mass is 9.84. The summed E-state index contributed by atoms with van der Waals surface area (Å²) >= 11 is 12.8. The van der Waals surface area contributed by atoms with Gasteiger partial charge in [0.05, 0.1) is 11.1 Å². The number of halogens is 2. The third kappa shape index (κ3) is 3.63. The third-order valence-electron chi connectivity index (χ3n) is 5.82. The summed E-state index contributed by atoms with van der Waals surface area (Å²) in [5.74, 6) is -2.34. The lowest BCUT2D eigenvalue weighted by Crippen LogP contribution is -2.04. The maximum atomic E-state index is 11.4. The molecule has 0 aliphatic rings. The molecule has 0 bridgehead atoms. The fraction of sp³-hybridized carbons (Fsp3) is 0.0400. The SMILES string of the molecule is O=C(O)c1ccc2c(C(c3ccc(Cl)cc3Cl)c3c[nH]c4cc(C(=O)O)ccc34)c[nH]c2c1. The minimum absolute atomic E-state index is 0.185. The molecule has 0 atom stereocenters. The van der Waals surface area contributed by atoms with E-state index in [2.05, 4.69) is 9.97 Å². The zero-order valence-electron chi connectivity index (χ0n) is 16.9. The monoisotopic (exact) mass is 478 g/mol. The number of aromatic amines is 2. The number of hydrogen-bond donors (Lipinski definition) is 4. The number of carboxylic acids is 2. The van der Waals surface area contributed by atoms with E-state index in [1.807, 2.05) is 18.5 Å². The summed E-state index contributed by atoms with van der Waals surface area (Å²) in [5.41, 5.74) is 4.35. The summed E-state index contributed by atoms with van der Waals surface area (Å²) in [6.45, 7) is 0. The second-order valence-corrected chi connectivity index (χ2v) is 8.56. The van der Waals surface area contributed by atoms with Crippen LogP contribution in [0.3, 0.4) is 0 Å². The zero-order chi connectivity index (χ0) is 23.3. The Balaban J connectivity index is 1.77. The van der Waals surface area contributed by atoms with Crippen molar-refractivity contribution in [2.75, 3.05) is 0 Å². The van der Waals surface area contributed by atoms with Crippen molar-refractivity contribution in [2.24, 2.45) is 0 Å². The predicted molar refractivity (Wildman–Crippen MR) is 128 cm³/mol. The molecule has 0 fully saturated rings. The highest BCUT2D eigenvalue weighted by Crippen LogP contribution is 2.42. The fourth-order valence-corrected chi connectivity index (χ4v) is 4.80. The van der Waals surface area contributed by atoms with Crippen molar-refractivity contribution in [1.82, 2.24) is 9.97 Å². The first-order valence-corrected chi connectivity index (χ1v) is 10.7. The van der Waals surface area contributed by atoms with Gasteiger partial charge in [-0.15, -0.1) is 0 Å². The summed E-state index contributed by atoms with van der Waals surface area (Å²) in [6.07, 6.45) is 3.69. The van der Waals surface area contributed by atoms with Gasteiger partial charge in [-0.1, -0.05) is 41.4 Å². The molecule has 0 aliphatic heterocycles. The van der Waals surface area contributed by atoms with Gasteiger partial charge in [0.25, 0.3) is 0 Å². The van der Waals surface area contributed by atoms with Crippen LogP contribution in [0.15, 0.2) is 67.0 Å². The smallest absolute Gasteiger partial charge is 0.335 e. The molecule has 0 amide bonds. The number of aromatic nitrogens is 2. The molecule has 0 saturated heterocycles. The Kier molecular flexibility index (Phi) is 5.12. The number of nitrogens with one attached hydrogen (secondary N) is 2. The topological polar surface area (TPSA) is 106 Å². The second-order valence-electron chi connectivity index (χ2n) is 7.72. The Morgan fingerprint density at radius 1 is 0.697 bits per heavy atom. The molecule has 33 heavy (non-hydrogen) atoms. The Morgan fingerprint density at radius 2 is 1.21 bits per heavy atom. The Labute approximate surface area is 197 Å². The van der Waals surface area contributed by atoms with Crippen LogP contribution in [0.5, 0.6) is 0 Å². The first-order valence-electron chi connectivity index (χ1n) is 9.97. The minimum Gasteiger partial charge on any atom is -0.478 e. The summed E-state index contributed by atoms with van der Waals surface area (Å²) in [6, 6.07) is 15.2. The molecule has 4 N–H and O–H groups in total. The second kappa shape index (κ2) is 7.99. The molecule has 0 saturated carbocycles. The molecular formula is C25H16Cl2N2O4. The van der Waals surface area contributed by atoms with Crippen molar-refractivity contribution in [3.05, 3.63) is 105 Å². The van der Waals surface area contributed by atoms with Gasteiger partial charge in [0.15, 0.2) is 0 Å². The number of carboxylic acid groups (broad SMARTS) is 2. The van der Waals surface area contributed by atoms with E-state index in [0.29, 0.717) is 21.1 Å². The van der Waals surface area contributed by atoms with E-state index in [4.69, 9.17) is 23.2 Å². The molecule has 0 aliphatic carbocycles. The highest BCUT2D eigenvalue weighted by atomic mass is 35.5. The number of carbonyl (C=O) groups is 2. The van der Waals surface area contributed by atoms with Gasteiger partial charge in [0.1, 0.15) is 0 Å². The van der Waals surface area contributed by atoms with E-state index >= 15 is 0 Å². The van der Waals surface area contributed by atoms with Crippen LogP contribution in [-0.2, 0) is 0 Å². The number of fused-ring (bicyclic) bond motifs is 2. The summed E-state index contributed by atoms with van der Waals surface area (Å²) in [7, 11) is 0. The van der Waals surface area contributed by atoms with Crippen molar-refractivity contribution in [2.45, 2.75) is 5.92 Å². The van der Waals surface area contributed by atoms with Gasteiger partial charge in [0.2, 0.25) is 0 Å². The molecule has 0 spiro atoms. The number of aromatic carboxylic acids is 2. The van der Waals surface area contributed by atoms with Gasteiger partial charge in [-0.3, -0.25) is 0 Å². The Bertz CT molecular complexity index is 1480. The first kappa shape index (κ1) is 21.1. The zero-order valence-corrected chi connectivity index (χ0v) is 18.4. The van der Waals surface area contributed by atoms with Crippen LogP contribution in [-0.4, -0.2) is 32.1 Å². The van der Waals surface area contributed by atoms with Crippen LogP contribution in [0.2, 0.25) is 10.0 Å². The van der Waals surface area contributed by atoms with Crippen molar-refractivity contribution in [3.8, 4) is 0 Å². The minimum atomic E-state index is -1.00. The molecule has 5 aromatic rings. The van der Waals surface area contributed by atoms with E-state index < -0.39 is 11.9 Å². The number of H-pyrrole nitrogens is 2. The molecular weight excluding hydrogens is 463 g/mol. The van der Waals surface area contributed by atoms with Gasteiger partial charge in [-0.05, 0) is 53.1 Å². The van der Waals surface area contributed by atoms with E-state index in [1.165, 1.54) is 0 Å². The summed E-state index contributed by atoms with van der Waals surface area (Å²) < 4.78 is 0. The molecule has 164 valence electrons. The Hall–Kier alpha value is -3.74. The average Bonchev–Trinajstić information content (AvgIpc) is 3.39. The average molecular weight is 479 g/mol. The van der Waals surface area contributed by atoms with Gasteiger partial charge >= 0.3 is 11.9 Å². The van der Waals surface area contributed by atoms with Crippen LogP contribution in [0.25, 0.3) is 21.8 Å².